The highest BCUT2D eigenvalue weighted by Gasteiger charge is 2.18. The van der Waals surface area contributed by atoms with E-state index in [1.54, 1.807) is 0 Å². The van der Waals surface area contributed by atoms with Crippen LogP contribution >= 0.6 is 0 Å². The van der Waals surface area contributed by atoms with Crippen molar-refractivity contribution in [1.29, 1.82) is 0 Å². The zero-order valence-corrected chi connectivity index (χ0v) is 10.5. The van der Waals surface area contributed by atoms with Crippen molar-refractivity contribution in [2.45, 2.75) is 45.1 Å². The van der Waals surface area contributed by atoms with E-state index in [4.69, 9.17) is 10.8 Å². The lowest BCUT2D eigenvalue weighted by Gasteiger charge is -2.12. The molecule has 0 spiro atoms. The molecule has 1 rings (SSSR count). The number of hydrogen-bond acceptors (Lipinski definition) is 2. The quantitative estimate of drug-likeness (QED) is 0.796. The van der Waals surface area contributed by atoms with Crippen LogP contribution in [0.25, 0.3) is 0 Å². The normalized spacial score (nSPS) is 14.3. The molecule has 0 saturated heterocycles. The Morgan fingerprint density at radius 3 is 2.35 bits per heavy atom. The summed E-state index contributed by atoms with van der Waals surface area (Å²) in [6.45, 7) is 3.96. The summed E-state index contributed by atoms with van der Waals surface area (Å²) in [6.07, 6.45) is 2.38. The van der Waals surface area contributed by atoms with Gasteiger partial charge in [-0.25, -0.2) is 0 Å². The molecule has 94 valence electrons. The number of aliphatic carboxylic acids is 1. The lowest BCUT2D eigenvalue weighted by Crippen LogP contribution is -2.17. The monoisotopic (exact) mass is 235 g/mol. The number of carboxylic acids is 1. The van der Waals surface area contributed by atoms with Crippen molar-refractivity contribution in [2.75, 3.05) is 0 Å². The summed E-state index contributed by atoms with van der Waals surface area (Å²) in [4.78, 5) is 11.1. The molecule has 2 unspecified atom stereocenters. The van der Waals surface area contributed by atoms with Crippen molar-refractivity contribution in [3.63, 3.8) is 0 Å². The molecule has 0 aliphatic carbocycles. The molecule has 1 aromatic carbocycles. The summed E-state index contributed by atoms with van der Waals surface area (Å²) in [7, 11) is 0. The van der Waals surface area contributed by atoms with Crippen molar-refractivity contribution >= 4 is 5.97 Å². The second kappa shape index (κ2) is 6.40. The van der Waals surface area contributed by atoms with Gasteiger partial charge in [0.2, 0.25) is 0 Å². The average molecular weight is 235 g/mol. The molecule has 1 aromatic rings. The Bertz CT molecular complexity index is 357. The van der Waals surface area contributed by atoms with Crippen molar-refractivity contribution in [1.82, 2.24) is 0 Å². The maximum Gasteiger partial charge on any atom is 0.310 e. The van der Waals surface area contributed by atoms with Crippen LogP contribution in [0, 0.1) is 0 Å². The highest BCUT2D eigenvalue weighted by molar-refractivity contribution is 5.76. The molecule has 0 heterocycles. The van der Waals surface area contributed by atoms with E-state index >= 15 is 0 Å². The first-order chi connectivity index (χ1) is 8.04. The van der Waals surface area contributed by atoms with Crippen molar-refractivity contribution in [2.24, 2.45) is 5.73 Å². The molecule has 0 amide bonds. The van der Waals surface area contributed by atoms with E-state index in [-0.39, 0.29) is 12.0 Å². The summed E-state index contributed by atoms with van der Waals surface area (Å²) in [5, 5.41) is 9.15. The lowest BCUT2D eigenvalue weighted by molar-refractivity contribution is -0.139. The molecule has 0 fully saturated rings. The van der Waals surface area contributed by atoms with Crippen molar-refractivity contribution in [3.8, 4) is 0 Å². The largest absolute Gasteiger partial charge is 0.481 e. The molecule has 2 atom stereocenters. The first kappa shape index (κ1) is 13.7. The zero-order chi connectivity index (χ0) is 12.8. The van der Waals surface area contributed by atoms with Crippen LogP contribution in [0.2, 0.25) is 0 Å². The third kappa shape index (κ3) is 4.19. The first-order valence-corrected chi connectivity index (χ1v) is 6.11. The maximum atomic E-state index is 11.1. The minimum atomic E-state index is -0.744. The van der Waals surface area contributed by atoms with E-state index in [0.29, 0.717) is 6.42 Å². The van der Waals surface area contributed by atoms with Gasteiger partial charge in [0.15, 0.2) is 0 Å². The molecule has 0 saturated carbocycles. The fourth-order valence-electron chi connectivity index (χ4n) is 1.98. The predicted molar refractivity (Wildman–Crippen MR) is 69.1 cm³/mol. The Kier molecular flexibility index (Phi) is 5.16. The third-order valence-corrected chi connectivity index (χ3v) is 2.82. The van der Waals surface area contributed by atoms with Crippen LogP contribution in [-0.2, 0) is 11.2 Å². The van der Waals surface area contributed by atoms with Crippen LogP contribution in [0.4, 0.5) is 0 Å². The van der Waals surface area contributed by atoms with Gasteiger partial charge >= 0.3 is 5.97 Å². The molecule has 0 aliphatic heterocycles. The second-order valence-electron chi connectivity index (χ2n) is 4.60. The number of carboxylic acid groups (broad SMARTS) is 1. The van der Waals surface area contributed by atoms with E-state index in [1.807, 2.05) is 38.1 Å². The first-order valence-electron chi connectivity index (χ1n) is 6.11. The maximum absolute atomic E-state index is 11.1. The molecule has 3 nitrogen and oxygen atoms in total. The molecule has 3 heteroatoms. The molecule has 0 aromatic heterocycles. The Labute approximate surface area is 103 Å². The number of rotatable bonds is 6. The summed E-state index contributed by atoms with van der Waals surface area (Å²) in [6, 6.07) is 7.90. The van der Waals surface area contributed by atoms with Gasteiger partial charge in [-0.05, 0) is 30.9 Å². The number of nitrogens with two attached hydrogens (primary N) is 1. The fraction of sp³-hybridized carbons (Fsp3) is 0.500. The van der Waals surface area contributed by atoms with Gasteiger partial charge < -0.3 is 10.8 Å². The van der Waals surface area contributed by atoms with Gasteiger partial charge in [0, 0.05) is 6.04 Å². The number of carbonyl (C=O) groups is 1. The Morgan fingerprint density at radius 2 is 1.94 bits per heavy atom. The molecular weight excluding hydrogens is 214 g/mol. The highest BCUT2D eigenvalue weighted by Crippen LogP contribution is 2.22. The number of hydrogen-bond donors (Lipinski definition) is 2. The smallest absolute Gasteiger partial charge is 0.310 e. The lowest BCUT2D eigenvalue weighted by atomic mass is 9.93. The second-order valence-corrected chi connectivity index (χ2v) is 4.60. The Hall–Kier alpha value is -1.35. The standard InChI is InChI=1S/C14H21NO2/c1-3-4-13(14(16)17)12-7-5-11(6-8-12)9-10(2)15/h5-8,10,13H,3-4,9,15H2,1-2H3,(H,16,17). The molecule has 17 heavy (non-hydrogen) atoms. The summed E-state index contributed by atoms with van der Waals surface area (Å²) in [5.74, 6) is -1.13. The van der Waals surface area contributed by atoms with Crippen molar-refractivity contribution < 1.29 is 9.90 Å². The molecule has 0 aliphatic rings. The van der Waals surface area contributed by atoms with Gasteiger partial charge in [-0.2, -0.15) is 0 Å². The summed E-state index contributed by atoms with van der Waals surface area (Å²) < 4.78 is 0. The topological polar surface area (TPSA) is 63.3 Å². The average Bonchev–Trinajstić information content (AvgIpc) is 2.26. The Balaban J connectivity index is 2.80. The van der Waals surface area contributed by atoms with E-state index in [1.165, 1.54) is 0 Å². The molecular formula is C14H21NO2. The van der Waals surface area contributed by atoms with E-state index < -0.39 is 5.97 Å². The van der Waals surface area contributed by atoms with Gasteiger partial charge in [0.05, 0.1) is 5.92 Å². The van der Waals surface area contributed by atoms with Crippen LogP contribution in [0.5, 0.6) is 0 Å². The van der Waals surface area contributed by atoms with Gasteiger partial charge in [-0.3, -0.25) is 4.79 Å². The van der Waals surface area contributed by atoms with Gasteiger partial charge in [0.25, 0.3) is 0 Å². The van der Waals surface area contributed by atoms with Gasteiger partial charge in [-0.1, -0.05) is 37.6 Å². The third-order valence-electron chi connectivity index (χ3n) is 2.82. The summed E-state index contributed by atoms with van der Waals surface area (Å²) >= 11 is 0. The molecule has 0 radical (unpaired) electrons. The minimum absolute atomic E-state index is 0.131. The van der Waals surface area contributed by atoms with Gasteiger partial charge in [0.1, 0.15) is 0 Å². The minimum Gasteiger partial charge on any atom is -0.481 e. The number of benzene rings is 1. The summed E-state index contributed by atoms with van der Waals surface area (Å²) in [5.41, 5.74) is 7.76. The van der Waals surface area contributed by atoms with Crippen LogP contribution in [0.3, 0.4) is 0 Å². The van der Waals surface area contributed by atoms with Crippen LogP contribution in [0.1, 0.15) is 43.7 Å². The van der Waals surface area contributed by atoms with Crippen LogP contribution < -0.4 is 5.73 Å². The SMILES string of the molecule is CCCC(C(=O)O)c1ccc(CC(C)N)cc1. The Morgan fingerprint density at radius 1 is 1.35 bits per heavy atom. The van der Waals surface area contributed by atoms with E-state index in [9.17, 15) is 4.79 Å². The predicted octanol–water partition coefficient (Wildman–Crippen LogP) is 2.54. The highest BCUT2D eigenvalue weighted by atomic mass is 16.4. The van der Waals surface area contributed by atoms with Crippen molar-refractivity contribution in [3.05, 3.63) is 35.4 Å². The van der Waals surface area contributed by atoms with E-state index in [0.717, 1.165) is 24.0 Å². The fourth-order valence-corrected chi connectivity index (χ4v) is 1.98. The van der Waals surface area contributed by atoms with Crippen LogP contribution in [-0.4, -0.2) is 17.1 Å². The van der Waals surface area contributed by atoms with E-state index in [2.05, 4.69) is 0 Å². The zero-order valence-electron chi connectivity index (χ0n) is 10.5. The molecule has 3 N–H and O–H groups in total. The van der Waals surface area contributed by atoms with Crippen LogP contribution in [0.15, 0.2) is 24.3 Å². The van der Waals surface area contributed by atoms with Gasteiger partial charge in [-0.15, -0.1) is 0 Å². The molecule has 0 bridgehead atoms.